The van der Waals surface area contributed by atoms with Crippen molar-refractivity contribution in [3.63, 3.8) is 0 Å². The van der Waals surface area contributed by atoms with Crippen molar-refractivity contribution in [1.82, 2.24) is 14.5 Å². The van der Waals surface area contributed by atoms with Gasteiger partial charge in [-0.3, -0.25) is 0 Å². The average molecular weight is 491 g/mol. The molecule has 180 valence electrons. The summed E-state index contributed by atoms with van der Waals surface area (Å²) >= 11 is 0. The van der Waals surface area contributed by atoms with E-state index in [1.807, 2.05) is 72.8 Å². The van der Waals surface area contributed by atoms with Crippen LogP contribution in [0.15, 0.2) is 121 Å². The van der Waals surface area contributed by atoms with Crippen LogP contribution in [0, 0.1) is 0 Å². The number of aromatic nitrogens is 3. The molecule has 2 N–H and O–H groups in total. The zero-order valence-corrected chi connectivity index (χ0v) is 20.4. The lowest BCUT2D eigenvalue weighted by Gasteiger charge is -2.11. The molecule has 0 atom stereocenters. The number of nitrogens with zero attached hydrogens (tertiary/aromatic N) is 3. The minimum atomic E-state index is -1.55. The molecule has 0 spiro atoms. The predicted molar refractivity (Wildman–Crippen MR) is 155 cm³/mol. The van der Waals surface area contributed by atoms with Crippen molar-refractivity contribution >= 4 is 45.4 Å². The maximum atomic E-state index is 9.91. The van der Waals surface area contributed by atoms with Crippen LogP contribution in [0.1, 0.15) is 0 Å². The number of para-hydroxylation sites is 3. The third kappa shape index (κ3) is 3.66. The second kappa shape index (κ2) is 8.96. The zero-order valence-electron chi connectivity index (χ0n) is 20.4. The van der Waals surface area contributed by atoms with Gasteiger partial charge in [0.2, 0.25) is 0 Å². The smallest absolute Gasteiger partial charge is 0.423 e. The SMILES string of the molecule is OB(O)c1ccc2c(c1)c1cc(-c3nc4ccccc4nc3-c3ccccc3)ccc1n2-c1ccccc1. The zero-order chi connectivity index (χ0) is 25.6. The van der Waals surface area contributed by atoms with E-state index in [0.29, 0.717) is 5.46 Å². The van der Waals surface area contributed by atoms with Gasteiger partial charge < -0.3 is 14.6 Å². The maximum Gasteiger partial charge on any atom is 0.488 e. The molecule has 6 heteroatoms. The van der Waals surface area contributed by atoms with Crippen molar-refractivity contribution in [2.24, 2.45) is 0 Å². The van der Waals surface area contributed by atoms with Gasteiger partial charge in [0, 0.05) is 27.6 Å². The fourth-order valence-corrected chi connectivity index (χ4v) is 5.20. The number of hydrogen-bond acceptors (Lipinski definition) is 4. The van der Waals surface area contributed by atoms with E-state index >= 15 is 0 Å². The van der Waals surface area contributed by atoms with Crippen molar-refractivity contribution < 1.29 is 10.0 Å². The fourth-order valence-electron chi connectivity index (χ4n) is 5.20. The van der Waals surface area contributed by atoms with Gasteiger partial charge in [-0.15, -0.1) is 0 Å². The predicted octanol–water partition coefficient (Wildman–Crippen LogP) is 5.74. The summed E-state index contributed by atoms with van der Waals surface area (Å²) in [6.45, 7) is 0. The first-order valence-electron chi connectivity index (χ1n) is 12.5. The topological polar surface area (TPSA) is 71.2 Å². The lowest BCUT2D eigenvalue weighted by Crippen LogP contribution is -2.29. The van der Waals surface area contributed by atoms with Gasteiger partial charge >= 0.3 is 7.12 Å². The Labute approximate surface area is 219 Å². The van der Waals surface area contributed by atoms with Gasteiger partial charge in [-0.1, -0.05) is 78.9 Å². The molecule has 0 unspecified atom stereocenters. The number of rotatable bonds is 4. The highest BCUT2D eigenvalue weighted by molar-refractivity contribution is 6.59. The van der Waals surface area contributed by atoms with Gasteiger partial charge in [0.15, 0.2) is 0 Å². The Morgan fingerprint density at radius 3 is 1.74 bits per heavy atom. The fraction of sp³-hybridized carbons (Fsp3) is 0. The molecule has 0 saturated heterocycles. The average Bonchev–Trinajstić information content (AvgIpc) is 3.30. The summed E-state index contributed by atoms with van der Waals surface area (Å²) in [7, 11) is -1.55. The Morgan fingerprint density at radius 1 is 0.526 bits per heavy atom. The monoisotopic (exact) mass is 491 g/mol. The summed E-state index contributed by atoms with van der Waals surface area (Å²) < 4.78 is 2.20. The Kier molecular flexibility index (Phi) is 5.29. The molecule has 7 rings (SSSR count). The summed E-state index contributed by atoms with van der Waals surface area (Å²) in [5.74, 6) is 0. The van der Waals surface area contributed by atoms with Gasteiger partial charge in [-0.25, -0.2) is 9.97 Å². The minimum absolute atomic E-state index is 0.450. The highest BCUT2D eigenvalue weighted by Crippen LogP contribution is 2.37. The highest BCUT2D eigenvalue weighted by Gasteiger charge is 2.19. The van der Waals surface area contributed by atoms with Crippen LogP contribution in [0.2, 0.25) is 0 Å². The first-order chi connectivity index (χ1) is 18.7. The van der Waals surface area contributed by atoms with Gasteiger partial charge in [0.1, 0.15) is 0 Å². The third-order valence-corrected chi connectivity index (χ3v) is 6.99. The van der Waals surface area contributed by atoms with Crippen LogP contribution in [0.25, 0.3) is 61.0 Å². The molecule has 38 heavy (non-hydrogen) atoms. The normalized spacial score (nSPS) is 11.4. The van der Waals surface area contributed by atoms with E-state index in [1.54, 1.807) is 6.07 Å². The van der Waals surface area contributed by atoms with Gasteiger partial charge in [0.05, 0.1) is 33.5 Å². The van der Waals surface area contributed by atoms with Crippen LogP contribution in [0.4, 0.5) is 0 Å². The van der Waals surface area contributed by atoms with Crippen molar-refractivity contribution in [2.45, 2.75) is 0 Å². The summed E-state index contributed by atoms with van der Waals surface area (Å²) in [5.41, 5.74) is 8.74. The number of hydrogen-bond donors (Lipinski definition) is 2. The molecule has 0 aliphatic carbocycles. The molecule has 0 fully saturated rings. The highest BCUT2D eigenvalue weighted by atomic mass is 16.4. The van der Waals surface area contributed by atoms with Crippen LogP contribution in [0.5, 0.6) is 0 Å². The lowest BCUT2D eigenvalue weighted by atomic mass is 9.80. The minimum Gasteiger partial charge on any atom is -0.423 e. The molecule has 0 aliphatic heterocycles. The quantitative estimate of drug-likeness (QED) is 0.308. The standard InChI is InChI=1S/C32H22BN3O2/c37-33(38)23-16-18-30-26(20-23)25-19-22(15-17-29(25)36(30)24-11-5-2-6-12-24)32-31(21-9-3-1-4-10-21)34-27-13-7-8-14-28(27)35-32/h1-20,37-38H. The second-order valence-corrected chi connectivity index (χ2v) is 9.33. The molecule has 0 aliphatic rings. The van der Waals surface area contributed by atoms with E-state index in [1.165, 1.54) is 0 Å². The molecular formula is C32H22BN3O2. The Morgan fingerprint density at radius 2 is 1.08 bits per heavy atom. The Bertz CT molecular complexity index is 1950. The maximum absolute atomic E-state index is 9.91. The Balaban J connectivity index is 1.54. The van der Waals surface area contributed by atoms with E-state index in [9.17, 15) is 10.0 Å². The van der Waals surface area contributed by atoms with Crippen LogP contribution < -0.4 is 5.46 Å². The van der Waals surface area contributed by atoms with Gasteiger partial charge in [0.25, 0.3) is 0 Å². The number of fused-ring (bicyclic) bond motifs is 4. The molecule has 0 bridgehead atoms. The molecule has 5 aromatic carbocycles. The molecule has 0 radical (unpaired) electrons. The van der Waals surface area contributed by atoms with E-state index in [2.05, 4.69) is 47.0 Å². The van der Waals surface area contributed by atoms with E-state index in [4.69, 9.17) is 9.97 Å². The van der Waals surface area contributed by atoms with E-state index in [-0.39, 0.29) is 0 Å². The molecule has 0 saturated carbocycles. The third-order valence-electron chi connectivity index (χ3n) is 6.99. The molecule has 7 aromatic rings. The summed E-state index contributed by atoms with van der Waals surface area (Å²) in [5, 5.41) is 21.7. The summed E-state index contributed by atoms with van der Waals surface area (Å²) in [4.78, 5) is 10.1. The molecular weight excluding hydrogens is 469 g/mol. The summed E-state index contributed by atoms with van der Waals surface area (Å²) in [6, 6.07) is 40.1. The first-order valence-corrected chi connectivity index (χ1v) is 12.5. The van der Waals surface area contributed by atoms with Gasteiger partial charge in [-0.2, -0.15) is 0 Å². The lowest BCUT2D eigenvalue weighted by molar-refractivity contribution is 0.426. The number of benzene rings is 5. The van der Waals surface area contributed by atoms with Crippen LogP contribution in [-0.4, -0.2) is 31.7 Å². The largest absolute Gasteiger partial charge is 0.488 e. The van der Waals surface area contributed by atoms with Crippen molar-refractivity contribution in [2.75, 3.05) is 0 Å². The van der Waals surface area contributed by atoms with Crippen LogP contribution >= 0.6 is 0 Å². The van der Waals surface area contributed by atoms with E-state index in [0.717, 1.165) is 61.0 Å². The molecule has 2 aromatic heterocycles. The molecule has 5 nitrogen and oxygen atoms in total. The van der Waals surface area contributed by atoms with Crippen LogP contribution in [0.3, 0.4) is 0 Å². The van der Waals surface area contributed by atoms with Crippen molar-refractivity contribution in [3.8, 4) is 28.2 Å². The Hall–Kier alpha value is -4.78. The van der Waals surface area contributed by atoms with Crippen LogP contribution in [-0.2, 0) is 0 Å². The summed E-state index contributed by atoms with van der Waals surface area (Å²) in [6.07, 6.45) is 0. The van der Waals surface area contributed by atoms with Gasteiger partial charge in [-0.05, 0) is 47.9 Å². The van der Waals surface area contributed by atoms with E-state index < -0.39 is 7.12 Å². The second-order valence-electron chi connectivity index (χ2n) is 9.33. The molecule has 2 heterocycles. The van der Waals surface area contributed by atoms with Crippen molar-refractivity contribution in [3.05, 3.63) is 121 Å². The first kappa shape index (κ1) is 22.4. The van der Waals surface area contributed by atoms with Crippen molar-refractivity contribution in [1.29, 1.82) is 0 Å². The molecule has 0 amide bonds.